The molecule has 11 heteroatoms. The lowest BCUT2D eigenvalue weighted by molar-refractivity contribution is -0.146. The molecule has 1 N–H and O–H groups in total. The summed E-state index contributed by atoms with van der Waals surface area (Å²) in [5.74, 6) is -1.09. The summed E-state index contributed by atoms with van der Waals surface area (Å²) in [5.41, 5.74) is 0.691. The maximum absolute atomic E-state index is 12.9. The molecule has 0 aliphatic heterocycles. The van der Waals surface area contributed by atoms with Gasteiger partial charge in [0.15, 0.2) is 6.73 Å². The van der Waals surface area contributed by atoms with Crippen LogP contribution in [-0.2, 0) is 22.8 Å². The van der Waals surface area contributed by atoms with Crippen LogP contribution in [0, 0.1) is 0 Å². The Bertz CT molecular complexity index is 1200. The fraction of sp³-hybridized carbons (Fsp3) is 0.200. The lowest BCUT2D eigenvalue weighted by Gasteiger charge is -2.04. The van der Waals surface area contributed by atoms with E-state index in [-0.39, 0.29) is 24.6 Å². The summed E-state index contributed by atoms with van der Waals surface area (Å²) in [6.45, 7) is -0.133. The van der Waals surface area contributed by atoms with E-state index in [9.17, 15) is 14.4 Å². The molecule has 0 radical (unpaired) electrons. The number of hydrogen-bond acceptors (Lipinski definition) is 6. The zero-order valence-electron chi connectivity index (χ0n) is 16.4. The highest BCUT2D eigenvalue weighted by atomic mass is 35.5. The number of ether oxygens (including phenoxy) is 1. The number of carbonyl (C=O) groups excluding carboxylic acids is 2. The van der Waals surface area contributed by atoms with E-state index in [1.54, 1.807) is 55.6 Å². The first-order chi connectivity index (χ1) is 14.9. The highest BCUT2D eigenvalue weighted by Gasteiger charge is 2.14. The van der Waals surface area contributed by atoms with Gasteiger partial charge in [-0.1, -0.05) is 35.3 Å². The summed E-state index contributed by atoms with van der Waals surface area (Å²) in [4.78, 5) is 41.4. The highest BCUT2D eigenvalue weighted by Crippen LogP contribution is 2.11. The van der Waals surface area contributed by atoms with Crippen LogP contribution in [0.3, 0.4) is 0 Å². The van der Waals surface area contributed by atoms with Crippen molar-refractivity contribution in [1.82, 2.24) is 13.8 Å². The molecule has 1 heterocycles. The summed E-state index contributed by atoms with van der Waals surface area (Å²) >= 11 is 12.8. The van der Waals surface area contributed by atoms with E-state index < -0.39 is 17.6 Å². The molecule has 162 valence electrons. The van der Waals surface area contributed by atoms with Crippen molar-refractivity contribution in [2.45, 2.75) is 13.3 Å². The minimum absolute atomic E-state index is 0.0140. The molecule has 0 atom stereocenters. The molecule has 0 aliphatic carbocycles. The number of amides is 1. The van der Waals surface area contributed by atoms with Crippen molar-refractivity contribution in [3.05, 3.63) is 85.0 Å². The van der Waals surface area contributed by atoms with Crippen molar-refractivity contribution in [2.24, 2.45) is 4.99 Å². The number of likely N-dealkylation sites (N-methyl/N-ethyl adjacent to an activating group) is 1. The minimum Gasteiger partial charge on any atom is -0.443 e. The number of rotatable bonds is 7. The number of benzene rings is 2. The number of aromatic nitrogens is 2. The second-order valence-electron chi connectivity index (χ2n) is 6.35. The van der Waals surface area contributed by atoms with Crippen molar-refractivity contribution >= 4 is 46.6 Å². The Morgan fingerprint density at radius 2 is 1.68 bits per heavy atom. The second kappa shape index (κ2) is 10.5. The second-order valence-corrected chi connectivity index (χ2v) is 8.21. The molecule has 8 nitrogen and oxygen atoms in total. The van der Waals surface area contributed by atoms with Crippen LogP contribution in [0.15, 0.2) is 58.3 Å². The summed E-state index contributed by atoms with van der Waals surface area (Å²) in [6, 6.07) is 13.3. The van der Waals surface area contributed by atoms with Crippen LogP contribution >= 0.6 is 34.7 Å². The lowest BCUT2D eigenvalue weighted by Crippen LogP contribution is -2.33. The molecule has 31 heavy (non-hydrogen) atoms. The molecular formula is C20H18Cl2N4O4S. The molecule has 0 unspecified atom stereocenters. The molecule has 0 aliphatic rings. The number of carbonyl (C=O) groups is 2. The average molecular weight is 481 g/mol. The van der Waals surface area contributed by atoms with Crippen LogP contribution in [0.4, 0.5) is 0 Å². The maximum atomic E-state index is 12.9. The van der Waals surface area contributed by atoms with Gasteiger partial charge >= 0.3 is 11.7 Å². The van der Waals surface area contributed by atoms with Gasteiger partial charge in [0.05, 0.1) is 13.1 Å². The summed E-state index contributed by atoms with van der Waals surface area (Å²) in [7, 11) is 1.60. The summed E-state index contributed by atoms with van der Waals surface area (Å²) in [6.07, 6.45) is 0. The predicted octanol–water partition coefficient (Wildman–Crippen LogP) is 2.53. The van der Waals surface area contributed by atoms with E-state index >= 15 is 0 Å². The topological polar surface area (TPSA) is 94.7 Å². The van der Waals surface area contributed by atoms with Gasteiger partial charge < -0.3 is 10.1 Å². The van der Waals surface area contributed by atoms with Crippen molar-refractivity contribution in [3.8, 4) is 0 Å². The standard InChI is InChI=1S/C20H18Cl2N4O4S/c1-23-10-17(27)30-12-25-19(24-18(28)14-4-8-16(22)9-5-14)31-26(20(25)29)11-13-2-6-15(21)7-3-13/h2-9,23H,10-12H2,1H3. The maximum Gasteiger partial charge on any atom is 0.342 e. The van der Waals surface area contributed by atoms with Crippen molar-refractivity contribution in [2.75, 3.05) is 13.6 Å². The Morgan fingerprint density at radius 3 is 2.29 bits per heavy atom. The van der Waals surface area contributed by atoms with Gasteiger partial charge in [0.1, 0.15) is 0 Å². The highest BCUT2D eigenvalue weighted by molar-refractivity contribution is 7.03. The van der Waals surface area contributed by atoms with Crippen molar-refractivity contribution in [1.29, 1.82) is 0 Å². The van der Waals surface area contributed by atoms with Crippen LogP contribution in [0.5, 0.6) is 0 Å². The number of nitrogens with zero attached hydrogens (tertiary/aromatic N) is 3. The molecule has 3 aromatic rings. The van der Waals surface area contributed by atoms with E-state index in [1.165, 1.54) is 3.96 Å². The summed E-state index contributed by atoms with van der Waals surface area (Å²) < 4.78 is 7.68. The fourth-order valence-electron chi connectivity index (χ4n) is 2.53. The third-order valence-corrected chi connectivity index (χ3v) is 5.56. The van der Waals surface area contributed by atoms with E-state index in [4.69, 9.17) is 27.9 Å². The average Bonchev–Trinajstić information content (AvgIpc) is 3.03. The van der Waals surface area contributed by atoms with Gasteiger partial charge in [-0.2, -0.15) is 4.99 Å². The molecule has 1 aromatic heterocycles. The minimum atomic E-state index is -0.549. The zero-order chi connectivity index (χ0) is 22.4. The normalized spacial score (nSPS) is 11.5. The zero-order valence-corrected chi connectivity index (χ0v) is 18.7. The fourth-order valence-corrected chi connectivity index (χ4v) is 3.72. The van der Waals surface area contributed by atoms with Gasteiger partial charge in [0.2, 0.25) is 4.80 Å². The van der Waals surface area contributed by atoms with Gasteiger partial charge in [-0.15, -0.1) is 0 Å². The quantitative estimate of drug-likeness (QED) is 0.524. The molecule has 3 rings (SSSR count). The van der Waals surface area contributed by atoms with Gasteiger partial charge in [-0.05, 0) is 60.5 Å². The van der Waals surface area contributed by atoms with Crippen molar-refractivity contribution < 1.29 is 14.3 Å². The Balaban J connectivity index is 1.97. The molecule has 0 saturated carbocycles. The predicted molar refractivity (Wildman–Crippen MR) is 118 cm³/mol. The van der Waals surface area contributed by atoms with Gasteiger partial charge in [0.25, 0.3) is 5.91 Å². The Morgan fingerprint density at radius 1 is 1.06 bits per heavy atom. The first-order valence-electron chi connectivity index (χ1n) is 9.07. The van der Waals surface area contributed by atoms with Gasteiger partial charge in [-0.3, -0.25) is 9.59 Å². The van der Waals surface area contributed by atoms with Crippen molar-refractivity contribution in [3.63, 3.8) is 0 Å². The molecular weight excluding hydrogens is 463 g/mol. The first kappa shape index (κ1) is 23.0. The Hall–Kier alpha value is -2.72. The lowest BCUT2D eigenvalue weighted by atomic mass is 10.2. The summed E-state index contributed by atoms with van der Waals surface area (Å²) in [5, 5.41) is 3.74. The first-order valence-corrected chi connectivity index (χ1v) is 10.6. The molecule has 0 spiro atoms. The largest absolute Gasteiger partial charge is 0.443 e. The third-order valence-electron chi connectivity index (χ3n) is 4.07. The molecule has 2 aromatic carbocycles. The molecule has 0 saturated heterocycles. The van der Waals surface area contributed by atoms with Crippen LogP contribution in [-0.4, -0.2) is 34.0 Å². The number of hydrogen-bond donors (Lipinski definition) is 1. The van der Waals surface area contributed by atoms with E-state index in [2.05, 4.69) is 10.3 Å². The van der Waals surface area contributed by atoms with E-state index in [1.807, 2.05) is 0 Å². The molecule has 1 amide bonds. The molecule has 0 bridgehead atoms. The van der Waals surface area contributed by atoms with Crippen LogP contribution in [0.25, 0.3) is 0 Å². The third kappa shape index (κ3) is 6.14. The number of nitrogens with one attached hydrogen (secondary N) is 1. The monoisotopic (exact) mass is 480 g/mol. The van der Waals surface area contributed by atoms with Crippen LogP contribution in [0.2, 0.25) is 10.0 Å². The Labute approximate surface area is 191 Å². The molecule has 0 fully saturated rings. The van der Waals surface area contributed by atoms with E-state index in [0.29, 0.717) is 15.6 Å². The number of esters is 1. The Kier molecular flexibility index (Phi) is 7.80. The van der Waals surface area contributed by atoms with Crippen LogP contribution < -0.4 is 15.8 Å². The van der Waals surface area contributed by atoms with E-state index in [0.717, 1.165) is 21.7 Å². The smallest absolute Gasteiger partial charge is 0.342 e. The van der Waals surface area contributed by atoms with Crippen LogP contribution in [0.1, 0.15) is 15.9 Å². The SMILES string of the molecule is CNCC(=O)OCn1c(=NC(=O)c2ccc(Cl)cc2)sn(Cc2ccc(Cl)cc2)c1=O. The van der Waals surface area contributed by atoms with Gasteiger partial charge in [0, 0.05) is 15.6 Å². The van der Waals surface area contributed by atoms with Gasteiger partial charge in [-0.25, -0.2) is 13.3 Å². The number of halogens is 2.